The number of aromatic nitrogens is 3. The molecule has 0 atom stereocenters. The Bertz CT molecular complexity index is 2900. The first kappa shape index (κ1) is 24.4. The fourth-order valence-corrected chi connectivity index (χ4v) is 6.43. The van der Waals surface area contributed by atoms with Crippen molar-refractivity contribution in [3.8, 4) is 67.5 Å². The third kappa shape index (κ3) is 5.72. The summed E-state index contributed by atoms with van der Waals surface area (Å²) in [6, 6.07) is 51.4. The van der Waals surface area contributed by atoms with Crippen LogP contribution in [0.15, 0.2) is 188 Å². The van der Waals surface area contributed by atoms with E-state index in [4.69, 9.17) is 21.8 Å². The van der Waals surface area contributed by atoms with Crippen LogP contribution >= 0.6 is 0 Å². The topological polar surface area (TPSA) is 38.7 Å². The third-order valence-corrected chi connectivity index (χ3v) is 9.00. The lowest BCUT2D eigenvalue weighted by atomic mass is 9.97. The van der Waals surface area contributed by atoms with E-state index >= 15 is 0 Å². The zero-order chi connectivity index (χ0) is 37.6. The summed E-state index contributed by atoms with van der Waals surface area (Å²) in [6.07, 6.45) is 0. The van der Waals surface area contributed by atoms with Crippen molar-refractivity contribution in [2.24, 2.45) is 0 Å². The second-order valence-electron chi connectivity index (χ2n) is 12.1. The third-order valence-electron chi connectivity index (χ3n) is 9.00. The van der Waals surface area contributed by atoms with Crippen molar-refractivity contribution in [3.05, 3.63) is 188 Å². The smallest absolute Gasteiger partial charge is 0.164 e. The van der Waals surface area contributed by atoms with Crippen molar-refractivity contribution in [2.45, 2.75) is 0 Å². The Morgan fingerprint density at radius 3 is 1.62 bits per heavy atom. The Morgan fingerprint density at radius 1 is 0.320 bits per heavy atom. The first-order valence-electron chi connectivity index (χ1n) is 18.9. The van der Waals surface area contributed by atoms with E-state index in [0.29, 0.717) is 23.0 Å². The highest BCUT2D eigenvalue weighted by molar-refractivity contribution is 5.95. The van der Waals surface area contributed by atoms with Gasteiger partial charge in [0.1, 0.15) is 0 Å². The van der Waals surface area contributed by atoms with Crippen molar-refractivity contribution in [3.63, 3.8) is 0 Å². The summed E-state index contributed by atoms with van der Waals surface area (Å²) in [7, 11) is 0. The molecule has 0 amide bonds. The average Bonchev–Trinajstić information content (AvgIpc) is 3.25. The summed E-state index contributed by atoms with van der Waals surface area (Å²) < 4.78 is 41.0. The highest BCUT2D eigenvalue weighted by Crippen LogP contribution is 2.33. The number of fused-ring (bicyclic) bond motifs is 2. The molecule has 9 rings (SSSR count). The van der Waals surface area contributed by atoms with E-state index in [2.05, 4.69) is 78.9 Å². The number of hydrogen-bond acceptors (Lipinski definition) is 3. The molecule has 1 heterocycles. The Labute approximate surface area is 298 Å². The Morgan fingerprint density at radius 2 is 0.840 bits per heavy atom. The number of nitrogens with zero attached hydrogens (tertiary/aromatic N) is 3. The van der Waals surface area contributed by atoms with Crippen LogP contribution in [0.2, 0.25) is 0 Å². The molecule has 234 valence electrons. The maximum atomic E-state index is 8.43. The highest BCUT2D eigenvalue weighted by atomic mass is 15.0. The van der Waals surface area contributed by atoms with Crippen LogP contribution in [0.25, 0.3) is 89.1 Å². The fraction of sp³-hybridized carbons (Fsp3) is 0. The van der Waals surface area contributed by atoms with Gasteiger partial charge in [-0.3, -0.25) is 0 Å². The van der Waals surface area contributed by atoms with Crippen molar-refractivity contribution in [2.75, 3.05) is 0 Å². The first-order valence-corrected chi connectivity index (χ1v) is 16.4. The largest absolute Gasteiger partial charge is 0.208 e. The molecule has 0 saturated carbocycles. The van der Waals surface area contributed by atoms with Gasteiger partial charge in [-0.1, -0.05) is 170 Å². The number of benzene rings is 8. The molecule has 1 aromatic heterocycles. The summed E-state index contributed by atoms with van der Waals surface area (Å²) in [5.74, 6) is 1.74. The SMILES string of the molecule is [2H]c1c([2H])c([2H])c(-c2ccc3cc(-c4cccc(-c5nc(-c6ccc(-c7ccccc7)cc6)nc(-c6cccc7ccccc67)n5)c4)ccc3c2)c([2H])c1[2H]. The predicted molar refractivity (Wildman–Crippen MR) is 207 cm³/mol. The van der Waals surface area contributed by atoms with Crippen LogP contribution in [0.1, 0.15) is 6.85 Å². The summed E-state index contributed by atoms with van der Waals surface area (Å²) >= 11 is 0. The average molecular weight is 643 g/mol. The quantitative estimate of drug-likeness (QED) is 0.181. The first-order chi connectivity index (χ1) is 26.8. The minimum Gasteiger partial charge on any atom is -0.208 e. The molecule has 0 radical (unpaired) electrons. The Balaban J connectivity index is 1.12. The maximum Gasteiger partial charge on any atom is 0.164 e. The van der Waals surface area contributed by atoms with Gasteiger partial charge in [0.2, 0.25) is 0 Å². The number of hydrogen-bond donors (Lipinski definition) is 0. The molecular formula is C47H31N3. The van der Waals surface area contributed by atoms with E-state index in [9.17, 15) is 0 Å². The van der Waals surface area contributed by atoms with Gasteiger partial charge in [0, 0.05) is 16.7 Å². The molecule has 0 aliphatic rings. The summed E-state index contributed by atoms with van der Waals surface area (Å²) in [4.78, 5) is 15.2. The summed E-state index contributed by atoms with van der Waals surface area (Å²) in [5.41, 5.74) is 7.65. The van der Waals surface area contributed by atoms with Crippen molar-refractivity contribution >= 4 is 21.5 Å². The van der Waals surface area contributed by atoms with Crippen LogP contribution in [-0.2, 0) is 0 Å². The van der Waals surface area contributed by atoms with Crippen molar-refractivity contribution < 1.29 is 6.85 Å². The molecule has 8 aromatic carbocycles. The molecule has 0 aliphatic heterocycles. The molecule has 0 fully saturated rings. The zero-order valence-corrected chi connectivity index (χ0v) is 26.9. The van der Waals surface area contributed by atoms with Gasteiger partial charge in [0.05, 0.1) is 6.85 Å². The molecule has 0 bridgehead atoms. The molecule has 3 heteroatoms. The molecular weight excluding hydrogens is 607 g/mol. The van der Waals surface area contributed by atoms with Crippen molar-refractivity contribution in [1.29, 1.82) is 0 Å². The monoisotopic (exact) mass is 642 g/mol. The lowest BCUT2D eigenvalue weighted by Crippen LogP contribution is -2.00. The van der Waals surface area contributed by atoms with E-state index < -0.39 is 6.04 Å². The van der Waals surface area contributed by atoms with Gasteiger partial charge in [-0.05, 0) is 73.1 Å². The van der Waals surface area contributed by atoms with E-state index in [0.717, 1.165) is 60.5 Å². The maximum absolute atomic E-state index is 8.43. The van der Waals surface area contributed by atoms with Crippen LogP contribution in [-0.4, -0.2) is 15.0 Å². The highest BCUT2D eigenvalue weighted by Gasteiger charge is 2.15. The molecule has 0 unspecified atom stereocenters. The van der Waals surface area contributed by atoms with E-state index in [-0.39, 0.29) is 29.7 Å². The van der Waals surface area contributed by atoms with Gasteiger partial charge in [-0.2, -0.15) is 0 Å². The second-order valence-corrected chi connectivity index (χ2v) is 12.1. The van der Waals surface area contributed by atoms with E-state index in [1.807, 2.05) is 78.9 Å². The predicted octanol–water partition coefficient (Wildman–Crippen LogP) is 12.2. The molecule has 0 spiro atoms. The molecule has 9 aromatic rings. The van der Waals surface area contributed by atoms with Crippen LogP contribution in [0.3, 0.4) is 0 Å². The van der Waals surface area contributed by atoms with Gasteiger partial charge >= 0.3 is 0 Å². The van der Waals surface area contributed by atoms with Crippen LogP contribution in [0, 0.1) is 0 Å². The molecule has 3 nitrogen and oxygen atoms in total. The second kappa shape index (κ2) is 12.7. The standard InChI is InChI=1S/C47H31N3/c1-3-11-32(12-4-1)34-21-23-36(24-22-34)45-48-46(50-47(49-45)44-20-10-16-35-15-7-8-19-43(35)44)42-18-9-17-37(31-42)39-27-28-40-29-38(25-26-41(40)30-39)33-13-5-2-6-14-33/h1-31H/i2D,5D,6D,13D,14D. The molecule has 50 heavy (non-hydrogen) atoms. The van der Waals surface area contributed by atoms with E-state index in [1.54, 1.807) is 0 Å². The van der Waals surface area contributed by atoms with Gasteiger partial charge in [-0.25, -0.2) is 15.0 Å². The molecule has 0 aliphatic carbocycles. The lowest BCUT2D eigenvalue weighted by Gasteiger charge is -2.12. The van der Waals surface area contributed by atoms with Crippen LogP contribution in [0.5, 0.6) is 0 Å². The van der Waals surface area contributed by atoms with Gasteiger partial charge in [0.25, 0.3) is 0 Å². The minimum atomic E-state index is -0.401. The van der Waals surface area contributed by atoms with E-state index in [1.165, 1.54) is 0 Å². The lowest BCUT2D eigenvalue weighted by molar-refractivity contribution is 1.08. The summed E-state index contributed by atoms with van der Waals surface area (Å²) in [6.45, 7) is 0. The molecule has 0 N–H and O–H groups in total. The van der Waals surface area contributed by atoms with Gasteiger partial charge in [0.15, 0.2) is 17.5 Å². The van der Waals surface area contributed by atoms with Crippen LogP contribution < -0.4 is 0 Å². The van der Waals surface area contributed by atoms with Gasteiger partial charge < -0.3 is 0 Å². The Hall–Kier alpha value is -6.71. The fourth-order valence-electron chi connectivity index (χ4n) is 6.43. The Kier molecular flexibility index (Phi) is 6.22. The normalized spacial score (nSPS) is 12.6. The summed E-state index contributed by atoms with van der Waals surface area (Å²) in [5, 5.41) is 4.02. The van der Waals surface area contributed by atoms with Gasteiger partial charge in [-0.15, -0.1) is 0 Å². The minimum absolute atomic E-state index is 0.191. The molecule has 0 saturated heterocycles. The zero-order valence-electron chi connectivity index (χ0n) is 31.9. The van der Waals surface area contributed by atoms with Crippen molar-refractivity contribution in [1.82, 2.24) is 15.0 Å². The number of rotatable bonds is 6. The van der Waals surface area contributed by atoms with Crippen LogP contribution in [0.4, 0.5) is 0 Å².